The van der Waals surface area contributed by atoms with Gasteiger partial charge in [0.1, 0.15) is 5.75 Å². The van der Waals surface area contributed by atoms with Gasteiger partial charge in [-0.25, -0.2) is 0 Å². The van der Waals surface area contributed by atoms with Crippen LogP contribution in [-0.4, -0.2) is 15.2 Å². The molecule has 0 fully saturated rings. The minimum atomic E-state index is 0.279. The van der Waals surface area contributed by atoms with Gasteiger partial charge in [0, 0.05) is 4.90 Å². The molecule has 0 aliphatic carbocycles. The first-order chi connectivity index (χ1) is 6.86. The molecule has 0 spiro atoms. The van der Waals surface area contributed by atoms with Crippen LogP contribution in [0.25, 0.3) is 0 Å². The molecule has 1 N–H and O–H groups in total. The molecule has 1 heterocycles. The van der Waals surface area contributed by atoms with E-state index in [1.54, 1.807) is 12.1 Å². The number of aromatic hydroxyl groups is 1. The van der Waals surface area contributed by atoms with Crippen LogP contribution < -0.4 is 0 Å². The normalized spacial score (nSPS) is 10.3. The maximum Gasteiger partial charge on any atom is 0.213 e. The second-order valence-electron chi connectivity index (χ2n) is 2.60. The topological polar surface area (TPSA) is 59.2 Å². The molecule has 72 valence electrons. The van der Waals surface area contributed by atoms with Crippen LogP contribution in [0, 0.1) is 0 Å². The van der Waals surface area contributed by atoms with Gasteiger partial charge >= 0.3 is 0 Å². The molecular weight excluding hydrogens is 200 g/mol. The van der Waals surface area contributed by atoms with E-state index in [2.05, 4.69) is 14.7 Å². The van der Waals surface area contributed by atoms with Crippen LogP contribution in [0.4, 0.5) is 0 Å². The maximum atomic E-state index is 9.45. The van der Waals surface area contributed by atoms with E-state index < -0.39 is 0 Å². The summed E-state index contributed by atoms with van der Waals surface area (Å²) in [7, 11) is 0. The third kappa shape index (κ3) is 2.05. The minimum absolute atomic E-state index is 0.279. The molecule has 4 nitrogen and oxygen atoms in total. The van der Waals surface area contributed by atoms with Crippen LogP contribution in [-0.2, 0) is 5.75 Å². The number of rotatable bonds is 3. The zero-order valence-corrected chi connectivity index (χ0v) is 8.07. The van der Waals surface area contributed by atoms with Crippen molar-refractivity contribution in [3.63, 3.8) is 0 Å². The molecule has 0 atom stereocenters. The van der Waals surface area contributed by atoms with Gasteiger partial charge in [0.2, 0.25) is 6.39 Å². The largest absolute Gasteiger partial charge is 0.507 e. The highest BCUT2D eigenvalue weighted by atomic mass is 32.2. The number of thioether (sulfide) groups is 1. The monoisotopic (exact) mass is 208 g/mol. The molecule has 0 amide bonds. The average Bonchev–Trinajstić information content (AvgIpc) is 2.69. The summed E-state index contributed by atoms with van der Waals surface area (Å²) in [5, 5.41) is 13.1. The first-order valence-corrected chi connectivity index (χ1v) is 5.01. The number of phenols is 1. The van der Waals surface area contributed by atoms with Crippen molar-refractivity contribution in [3.8, 4) is 5.75 Å². The third-order valence-electron chi connectivity index (χ3n) is 1.63. The number of aromatic nitrogens is 2. The van der Waals surface area contributed by atoms with Crippen molar-refractivity contribution in [2.75, 3.05) is 0 Å². The van der Waals surface area contributed by atoms with E-state index in [0.717, 1.165) is 4.90 Å². The van der Waals surface area contributed by atoms with E-state index in [9.17, 15) is 5.11 Å². The van der Waals surface area contributed by atoms with Crippen LogP contribution in [0.5, 0.6) is 5.75 Å². The summed E-state index contributed by atoms with van der Waals surface area (Å²) in [5.41, 5.74) is 0. The Morgan fingerprint density at radius 2 is 2.21 bits per heavy atom. The van der Waals surface area contributed by atoms with Crippen LogP contribution in [0.15, 0.2) is 40.1 Å². The second-order valence-corrected chi connectivity index (χ2v) is 3.62. The van der Waals surface area contributed by atoms with E-state index in [0.29, 0.717) is 11.6 Å². The van der Waals surface area contributed by atoms with E-state index in [1.807, 2.05) is 12.1 Å². The van der Waals surface area contributed by atoms with Crippen molar-refractivity contribution in [1.29, 1.82) is 0 Å². The number of benzene rings is 1. The highest BCUT2D eigenvalue weighted by Crippen LogP contribution is 2.29. The Kier molecular flexibility index (Phi) is 2.69. The Balaban J connectivity index is 2.02. The molecule has 1 aromatic carbocycles. The molecule has 2 rings (SSSR count). The van der Waals surface area contributed by atoms with Crippen LogP contribution in [0.2, 0.25) is 0 Å². The Morgan fingerprint density at radius 3 is 2.93 bits per heavy atom. The van der Waals surface area contributed by atoms with Gasteiger partial charge in [0.05, 0.1) is 5.75 Å². The molecule has 0 radical (unpaired) electrons. The van der Waals surface area contributed by atoms with Crippen molar-refractivity contribution in [1.82, 2.24) is 10.1 Å². The first kappa shape index (κ1) is 9.08. The van der Waals surface area contributed by atoms with Crippen LogP contribution in [0.3, 0.4) is 0 Å². The lowest BCUT2D eigenvalue weighted by molar-refractivity contribution is 0.412. The average molecular weight is 208 g/mol. The summed E-state index contributed by atoms with van der Waals surface area (Å²) in [5.74, 6) is 1.49. The fourth-order valence-corrected chi connectivity index (χ4v) is 1.78. The number of hydrogen-bond acceptors (Lipinski definition) is 5. The maximum absolute atomic E-state index is 9.45. The van der Waals surface area contributed by atoms with Gasteiger partial charge < -0.3 is 9.63 Å². The highest BCUT2D eigenvalue weighted by molar-refractivity contribution is 7.98. The molecule has 0 aliphatic heterocycles. The minimum Gasteiger partial charge on any atom is -0.507 e. The van der Waals surface area contributed by atoms with Crippen LogP contribution >= 0.6 is 11.8 Å². The smallest absolute Gasteiger partial charge is 0.213 e. The van der Waals surface area contributed by atoms with Crippen molar-refractivity contribution < 1.29 is 9.63 Å². The molecule has 0 bridgehead atoms. The highest BCUT2D eigenvalue weighted by Gasteiger charge is 2.03. The van der Waals surface area contributed by atoms with Crippen molar-refractivity contribution in [2.45, 2.75) is 10.6 Å². The molecule has 0 saturated heterocycles. The van der Waals surface area contributed by atoms with Crippen molar-refractivity contribution in [2.24, 2.45) is 0 Å². The Hall–Kier alpha value is -1.49. The van der Waals surface area contributed by atoms with Crippen molar-refractivity contribution in [3.05, 3.63) is 36.5 Å². The van der Waals surface area contributed by atoms with Crippen molar-refractivity contribution >= 4 is 11.8 Å². The quantitative estimate of drug-likeness (QED) is 0.782. The van der Waals surface area contributed by atoms with Gasteiger partial charge in [-0.05, 0) is 12.1 Å². The zero-order valence-electron chi connectivity index (χ0n) is 7.25. The fourth-order valence-electron chi connectivity index (χ4n) is 0.978. The summed E-state index contributed by atoms with van der Waals surface area (Å²) >= 11 is 1.47. The predicted octanol–water partition coefficient (Wildman–Crippen LogP) is 2.07. The Morgan fingerprint density at radius 1 is 1.36 bits per heavy atom. The van der Waals surface area contributed by atoms with Gasteiger partial charge in [-0.3, -0.25) is 0 Å². The lowest BCUT2D eigenvalue weighted by atomic mass is 10.3. The van der Waals surface area contributed by atoms with Gasteiger partial charge in [-0.15, -0.1) is 11.8 Å². The molecule has 2 aromatic rings. The molecule has 0 saturated carbocycles. The zero-order chi connectivity index (χ0) is 9.80. The molecule has 14 heavy (non-hydrogen) atoms. The van der Waals surface area contributed by atoms with Gasteiger partial charge in [-0.1, -0.05) is 17.3 Å². The lowest BCUT2D eigenvalue weighted by Crippen LogP contribution is -1.82. The fraction of sp³-hybridized carbons (Fsp3) is 0.111. The number of para-hydroxylation sites is 1. The van der Waals surface area contributed by atoms with E-state index in [1.165, 1.54) is 18.2 Å². The summed E-state index contributed by atoms with van der Waals surface area (Å²) in [6.07, 6.45) is 1.29. The number of hydrogen-bond donors (Lipinski definition) is 1. The van der Waals surface area contributed by atoms with Gasteiger partial charge in [-0.2, -0.15) is 4.98 Å². The molecule has 0 unspecified atom stereocenters. The standard InChI is InChI=1S/C9H8N2O2S/c12-7-3-1-2-4-8(7)14-5-9-10-6-13-11-9/h1-4,6,12H,5H2. The predicted molar refractivity (Wildman–Crippen MR) is 52.0 cm³/mol. The van der Waals surface area contributed by atoms with Gasteiger partial charge in [0.25, 0.3) is 0 Å². The van der Waals surface area contributed by atoms with E-state index in [4.69, 9.17) is 0 Å². The van der Waals surface area contributed by atoms with E-state index in [-0.39, 0.29) is 5.75 Å². The molecule has 0 aliphatic rings. The summed E-state index contributed by atoms with van der Waals surface area (Å²) in [4.78, 5) is 4.70. The third-order valence-corrected chi connectivity index (χ3v) is 2.69. The van der Waals surface area contributed by atoms with Crippen LogP contribution in [0.1, 0.15) is 5.82 Å². The summed E-state index contributed by atoms with van der Waals surface area (Å²) in [6.45, 7) is 0. The van der Waals surface area contributed by atoms with Gasteiger partial charge in [0.15, 0.2) is 5.82 Å². The number of phenolic OH excluding ortho intramolecular Hbond substituents is 1. The Labute approximate surface area is 85.0 Å². The number of nitrogens with zero attached hydrogens (tertiary/aromatic N) is 2. The van der Waals surface area contributed by atoms with E-state index >= 15 is 0 Å². The summed E-state index contributed by atoms with van der Waals surface area (Å²) in [6, 6.07) is 7.16. The lowest BCUT2D eigenvalue weighted by Gasteiger charge is -2.00. The molecule has 1 aromatic heterocycles. The molecular formula is C9H8N2O2S. The summed E-state index contributed by atoms with van der Waals surface area (Å²) < 4.78 is 4.60. The SMILES string of the molecule is Oc1ccccc1SCc1ncon1. The second kappa shape index (κ2) is 4.15. The Bertz CT molecular complexity index is 403. The molecule has 5 heteroatoms. The first-order valence-electron chi connectivity index (χ1n) is 4.02.